The Bertz CT molecular complexity index is 236. The van der Waals surface area contributed by atoms with E-state index < -0.39 is 11.3 Å². The number of hydrogen-bond donors (Lipinski definition) is 0. The first kappa shape index (κ1) is 11.2. The first-order valence-corrected chi connectivity index (χ1v) is 5.63. The van der Waals surface area contributed by atoms with Crippen molar-refractivity contribution in [1.29, 1.82) is 0 Å². The Hall–Kier alpha value is -0.250. The molecule has 2 fully saturated rings. The van der Waals surface area contributed by atoms with Crippen molar-refractivity contribution in [3.05, 3.63) is 0 Å². The van der Waals surface area contributed by atoms with Crippen molar-refractivity contribution in [3.8, 4) is 0 Å². The van der Waals surface area contributed by atoms with E-state index in [4.69, 9.17) is 0 Å². The van der Waals surface area contributed by atoms with Crippen molar-refractivity contribution in [2.24, 2.45) is 11.3 Å². The first-order chi connectivity index (χ1) is 6.97. The van der Waals surface area contributed by atoms with Gasteiger partial charge in [0.05, 0.1) is 6.67 Å². The van der Waals surface area contributed by atoms with Gasteiger partial charge in [0.1, 0.15) is 0 Å². The quantitative estimate of drug-likeness (QED) is 0.708. The average molecular weight is 221 g/mol. The monoisotopic (exact) mass is 221 g/mol. The predicted molar refractivity (Wildman–Crippen MR) is 52.8 cm³/mol. The van der Waals surface area contributed by atoms with E-state index >= 15 is 0 Å². The smallest absolute Gasteiger partial charge is 0.255 e. The summed E-state index contributed by atoms with van der Waals surface area (Å²) < 4.78 is 38.3. The zero-order valence-corrected chi connectivity index (χ0v) is 9.11. The lowest BCUT2D eigenvalue weighted by Gasteiger charge is -2.32. The van der Waals surface area contributed by atoms with Crippen LogP contribution in [0.1, 0.15) is 26.2 Å². The normalized spacial score (nSPS) is 36.8. The molecule has 1 atom stereocenters. The molecule has 0 radical (unpaired) electrons. The minimum absolute atomic E-state index is 0.0169. The molecule has 1 saturated heterocycles. The molecule has 0 aromatic rings. The standard InChI is InChI=1S/C11H18F3N/c1-10(7-11(10,13)14)8-15-4-2-9(6-12)3-5-15/h9H,2-8H2,1H3. The highest BCUT2D eigenvalue weighted by atomic mass is 19.3. The van der Waals surface area contributed by atoms with E-state index in [1.54, 1.807) is 6.92 Å². The summed E-state index contributed by atoms with van der Waals surface area (Å²) in [6, 6.07) is 0. The van der Waals surface area contributed by atoms with E-state index in [0.29, 0.717) is 6.54 Å². The maximum atomic E-state index is 13.0. The van der Waals surface area contributed by atoms with Gasteiger partial charge in [-0.1, -0.05) is 6.92 Å². The van der Waals surface area contributed by atoms with Crippen molar-refractivity contribution in [2.45, 2.75) is 32.1 Å². The molecule has 4 heteroatoms. The summed E-state index contributed by atoms with van der Waals surface area (Å²) in [4.78, 5) is 2.06. The number of piperidine rings is 1. The van der Waals surface area contributed by atoms with Gasteiger partial charge in [0.15, 0.2) is 0 Å². The van der Waals surface area contributed by atoms with Crippen molar-refractivity contribution in [1.82, 2.24) is 4.90 Å². The Morgan fingerprint density at radius 1 is 1.27 bits per heavy atom. The van der Waals surface area contributed by atoms with Crippen molar-refractivity contribution in [2.75, 3.05) is 26.3 Å². The second kappa shape index (κ2) is 3.65. The highest BCUT2D eigenvalue weighted by Gasteiger charge is 2.67. The maximum absolute atomic E-state index is 13.0. The van der Waals surface area contributed by atoms with Crippen LogP contribution < -0.4 is 0 Å². The number of alkyl halides is 3. The van der Waals surface area contributed by atoms with Gasteiger partial charge in [-0.15, -0.1) is 0 Å². The number of likely N-dealkylation sites (tertiary alicyclic amines) is 1. The molecule has 0 spiro atoms. The van der Waals surface area contributed by atoms with E-state index in [1.165, 1.54) is 0 Å². The lowest BCUT2D eigenvalue weighted by atomic mass is 9.97. The maximum Gasteiger partial charge on any atom is 0.255 e. The third-order valence-electron chi connectivity index (χ3n) is 3.87. The van der Waals surface area contributed by atoms with Crippen molar-refractivity contribution >= 4 is 0 Å². The Balaban J connectivity index is 1.78. The van der Waals surface area contributed by atoms with Crippen LogP contribution in [0.25, 0.3) is 0 Å². The fourth-order valence-electron chi connectivity index (χ4n) is 2.41. The third-order valence-corrected chi connectivity index (χ3v) is 3.87. The van der Waals surface area contributed by atoms with Crippen LogP contribution in [0, 0.1) is 11.3 Å². The fourth-order valence-corrected chi connectivity index (χ4v) is 2.41. The topological polar surface area (TPSA) is 3.24 Å². The SMILES string of the molecule is CC1(CN2CCC(CF)CC2)CC1(F)F. The molecule has 1 unspecified atom stereocenters. The Morgan fingerprint density at radius 2 is 1.80 bits per heavy atom. The van der Waals surface area contributed by atoms with E-state index in [1.807, 2.05) is 0 Å². The molecule has 1 aliphatic carbocycles. The van der Waals surface area contributed by atoms with Crippen LogP contribution in [0.2, 0.25) is 0 Å². The van der Waals surface area contributed by atoms with Crippen molar-refractivity contribution < 1.29 is 13.2 Å². The number of rotatable bonds is 3. The molecule has 88 valence electrons. The van der Waals surface area contributed by atoms with Crippen LogP contribution in [0.15, 0.2) is 0 Å². The van der Waals surface area contributed by atoms with Gasteiger partial charge in [-0.3, -0.25) is 4.39 Å². The zero-order valence-electron chi connectivity index (χ0n) is 9.11. The van der Waals surface area contributed by atoms with Crippen LogP contribution in [0.3, 0.4) is 0 Å². The molecular formula is C11H18F3N. The van der Waals surface area contributed by atoms with Gasteiger partial charge in [0, 0.05) is 18.4 Å². The van der Waals surface area contributed by atoms with Crippen LogP contribution in [-0.2, 0) is 0 Å². The largest absolute Gasteiger partial charge is 0.303 e. The average Bonchev–Trinajstić information content (AvgIpc) is 2.66. The second-order valence-corrected chi connectivity index (χ2v) is 5.32. The Labute approximate surface area is 88.6 Å². The number of nitrogens with zero attached hydrogens (tertiary/aromatic N) is 1. The summed E-state index contributed by atoms with van der Waals surface area (Å²) in [6.45, 7) is 3.41. The van der Waals surface area contributed by atoms with Crippen LogP contribution in [0.5, 0.6) is 0 Å². The molecular weight excluding hydrogens is 203 g/mol. The summed E-state index contributed by atoms with van der Waals surface area (Å²) in [5.74, 6) is -2.31. The minimum atomic E-state index is -2.47. The lowest BCUT2D eigenvalue weighted by Crippen LogP contribution is -2.38. The van der Waals surface area contributed by atoms with Crippen LogP contribution in [0.4, 0.5) is 13.2 Å². The van der Waals surface area contributed by atoms with E-state index in [0.717, 1.165) is 25.9 Å². The molecule has 0 bridgehead atoms. The summed E-state index contributed by atoms with van der Waals surface area (Å²) in [5, 5.41) is 0. The van der Waals surface area contributed by atoms with E-state index in [9.17, 15) is 13.2 Å². The predicted octanol–water partition coefficient (Wildman–Crippen LogP) is 2.71. The fraction of sp³-hybridized carbons (Fsp3) is 1.00. The molecule has 1 aliphatic heterocycles. The summed E-state index contributed by atoms with van der Waals surface area (Å²) >= 11 is 0. The lowest BCUT2D eigenvalue weighted by molar-refractivity contribution is 0.0450. The van der Waals surface area contributed by atoms with Gasteiger partial charge in [-0.2, -0.15) is 0 Å². The van der Waals surface area contributed by atoms with Crippen LogP contribution >= 0.6 is 0 Å². The highest BCUT2D eigenvalue weighted by Crippen LogP contribution is 2.60. The minimum Gasteiger partial charge on any atom is -0.303 e. The van der Waals surface area contributed by atoms with Gasteiger partial charge in [-0.25, -0.2) is 8.78 Å². The van der Waals surface area contributed by atoms with Gasteiger partial charge in [0.2, 0.25) is 0 Å². The van der Waals surface area contributed by atoms with Gasteiger partial charge in [-0.05, 0) is 31.8 Å². The van der Waals surface area contributed by atoms with Gasteiger partial charge < -0.3 is 4.90 Å². The van der Waals surface area contributed by atoms with E-state index in [2.05, 4.69) is 4.90 Å². The Morgan fingerprint density at radius 3 is 2.20 bits per heavy atom. The Kier molecular flexibility index (Phi) is 2.73. The summed E-state index contributed by atoms with van der Waals surface area (Å²) in [7, 11) is 0. The molecule has 15 heavy (non-hydrogen) atoms. The van der Waals surface area contributed by atoms with Gasteiger partial charge >= 0.3 is 0 Å². The molecule has 0 N–H and O–H groups in total. The van der Waals surface area contributed by atoms with E-state index in [-0.39, 0.29) is 19.0 Å². The van der Waals surface area contributed by atoms with Gasteiger partial charge in [0.25, 0.3) is 5.92 Å². The molecule has 1 heterocycles. The van der Waals surface area contributed by atoms with Crippen molar-refractivity contribution in [3.63, 3.8) is 0 Å². The molecule has 1 saturated carbocycles. The molecule has 0 aromatic heterocycles. The first-order valence-electron chi connectivity index (χ1n) is 5.63. The summed E-state index contributed by atoms with van der Waals surface area (Å²) in [5.41, 5.74) is -0.810. The summed E-state index contributed by atoms with van der Waals surface area (Å²) in [6.07, 6.45) is 1.65. The highest BCUT2D eigenvalue weighted by molar-refractivity contribution is 5.08. The number of halogens is 3. The zero-order chi connectivity index (χ0) is 11.1. The molecule has 0 aromatic carbocycles. The molecule has 2 rings (SSSR count). The third kappa shape index (κ3) is 2.14. The molecule has 2 aliphatic rings. The molecule has 0 amide bonds. The number of hydrogen-bond acceptors (Lipinski definition) is 1. The molecule has 1 nitrogen and oxygen atoms in total. The van der Waals surface area contributed by atoms with Crippen LogP contribution in [-0.4, -0.2) is 37.1 Å². The second-order valence-electron chi connectivity index (χ2n) is 5.32.